The maximum atomic E-state index is 14.7. The predicted octanol–water partition coefficient (Wildman–Crippen LogP) is 13.4. The molecule has 2 atom stereocenters. The summed E-state index contributed by atoms with van der Waals surface area (Å²) in [5, 5.41) is 1.94. The number of para-hydroxylation sites is 2. The van der Waals surface area contributed by atoms with Gasteiger partial charge >= 0.3 is 0 Å². The molecule has 6 nitrogen and oxygen atoms in total. The molecule has 1 fully saturated rings. The zero-order chi connectivity index (χ0) is 39.9. The van der Waals surface area contributed by atoms with E-state index in [-0.39, 0.29) is 23.7 Å². The van der Waals surface area contributed by atoms with Crippen LogP contribution < -0.4 is 9.80 Å². The summed E-state index contributed by atoms with van der Waals surface area (Å²) < 4.78 is 0. The third-order valence-corrected chi connectivity index (χ3v) is 12.6. The van der Waals surface area contributed by atoms with Crippen molar-refractivity contribution in [3.05, 3.63) is 133 Å². The summed E-state index contributed by atoms with van der Waals surface area (Å²) in [6.07, 6.45) is 14.1. The molecule has 2 aromatic heterocycles. The first-order chi connectivity index (χ1) is 27.6. The number of fused-ring (bicyclic) bond motifs is 2. The van der Waals surface area contributed by atoms with E-state index in [2.05, 4.69) is 64.1 Å². The van der Waals surface area contributed by atoms with E-state index in [9.17, 15) is 9.59 Å². The number of carbonyl (C=O) groups is 2. The zero-order valence-electron chi connectivity index (χ0n) is 34.5. The Balaban J connectivity index is 1.16. The number of hydrogen-bond acceptors (Lipinski definition) is 4. The molecule has 1 aliphatic carbocycles. The number of nitrogens with zero attached hydrogens (tertiary/aromatic N) is 4. The van der Waals surface area contributed by atoms with E-state index in [0.717, 1.165) is 39.6 Å². The summed E-state index contributed by atoms with van der Waals surface area (Å²) in [7, 11) is 0. The molecule has 4 aromatic carbocycles. The molecule has 2 amide bonds. The van der Waals surface area contributed by atoms with Gasteiger partial charge in [0.2, 0.25) is 11.8 Å². The standard InChI is InChI=1S/C51H58N4O2/c1-6-7-15-36(2)38-23-27-43(28-24-38)54(45-32-39-16-11-13-20-47(39)52-34-45)49(56)31-22-37(3)50(57)55(46-33-40-17-12-14-21-48(40)53-35-46)44-29-25-42(26-30-44)51(4,5)41-18-9-8-10-19-41/h11-14,16-17,20-21,23-30,32-37,41H,6-10,15,18-19,22,31H2,1-5H3. The van der Waals surface area contributed by atoms with Gasteiger partial charge < -0.3 is 0 Å². The van der Waals surface area contributed by atoms with Crippen LogP contribution in [-0.2, 0) is 15.0 Å². The molecule has 0 N–H and O–H groups in total. The first-order valence-corrected chi connectivity index (χ1v) is 21.2. The van der Waals surface area contributed by atoms with Crippen molar-refractivity contribution in [1.82, 2.24) is 9.97 Å². The average molecular weight is 759 g/mol. The topological polar surface area (TPSA) is 66.4 Å². The van der Waals surface area contributed by atoms with Gasteiger partial charge in [-0.1, -0.05) is 127 Å². The number of benzene rings is 4. The molecule has 0 aliphatic heterocycles. The van der Waals surface area contributed by atoms with Gasteiger partial charge in [-0.05, 0) is 103 Å². The van der Waals surface area contributed by atoms with Crippen LogP contribution in [0.1, 0.15) is 116 Å². The van der Waals surface area contributed by atoms with Crippen LogP contribution in [0.5, 0.6) is 0 Å². The number of anilines is 4. The van der Waals surface area contributed by atoms with Gasteiger partial charge in [0.05, 0.1) is 34.8 Å². The molecule has 6 heteroatoms. The summed E-state index contributed by atoms with van der Waals surface area (Å²) in [6.45, 7) is 11.2. The van der Waals surface area contributed by atoms with Gasteiger partial charge in [0.15, 0.2) is 0 Å². The van der Waals surface area contributed by atoms with Crippen molar-refractivity contribution in [1.29, 1.82) is 0 Å². The van der Waals surface area contributed by atoms with Crippen molar-refractivity contribution in [2.75, 3.05) is 9.80 Å². The van der Waals surface area contributed by atoms with Crippen molar-refractivity contribution >= 4 is 56.4 Å². The Morgan fingerprint density at radius 2 is 1.23 bits per heavy atom. The van der Waals surface area contributed by atoms with E-state index in [4.69, 9.17) is 9.97 Å². The predicted molar refractivity (Wildman–Crippen MR) is 237 cm³/mol. The Morgan fingerprint density at radius 3 is 1.82 bits per heavy atom. The van der Waals surface area contributed by atoms with Crippen LogP contribution in [-0.4, -0.2) is 21.8 Å². The van der Waals surface area contributed by atoms with Crippen LogP contribution in [0.15, 0.2) is 122 Å². The van der Waals surface area contributed by atoms with E-state index < -0.39 is 5.92 Å². The molecule has 0 radical (unpaired) electrons. The van der Waals surface area contributed by atoms with Gasteiger partial charge in [-0.3, -0.25) is 29.4 Å². The molecule has 7 rings (SSSR count). The average Bonchev–Trinajstić information content (AvgIpc) is 3.25. The lowest BCUT2D eigenvalue weighted by Gasteiger charge is -2.38. The molecule has 2 heterocycles. The SMILES string of the molecule is CCCCC(C)c1ccc(N(C(=O)CCC(C)C(=O)N(c2ccc(C(C)(C)C3CCCCC3)cc2)c2cnc3ccccc3c2)c2cnc3ccccc3c2)cc1. The quantitative estimate of drug-likeness (QED) is 0.111. The maximum Gasteiger partial charge on any atom is 0.234 e. The summed E-state index contributed by atoms with van der Waals surface area (Å²) in [5.41, 5.74) is 7.39. The van der Waals surface area contributed by atoms with Crippen LogP contribution in [0, 0.1) is 11.8 Å². The van der Waals surface area contributed by atoms with Gasteiger partial charge in [0, 0.05) is 34.5 Å². The molecule has 0 saturated heterocycles. The monoisotopic (exact) mass is 758 g/mol. The Kier molecular flexibility index (Phi) is 12.5. The number of carbonyl (C=O) groups excluding carboxylic acids is 2. The lowest BCUT2D eigenvalue weighted by Crippen LogP contribution is -2.33. The summed E-state index contributed by atoms with van der Waals surface area (Å²) in [4.78, 5) is 42.2. The molecule has 0 bridgehead atoms. The molecule has 1 aliphatic rings. The highest BCUT2D eigenvalue weighted by atomic mass is 16.2. The normalized spacial score (nSPS) is 14.7. The van der Waals surface area contributed by atoms with Crippen LogP contribution >= 0.6 is 0 Å². The number of aromatic nitrogens is 2. The lowest BCUT2D eigenvalue weighted by atomic mass is 9.67. The van der Waals surface area contributed by atoms with E-state index in [0.29, 0.717) is 29.6 Å². The van der Waals surface area contributed by atoms with Crippen molar-refractivity contribution < 1.29 is 9.59 Å². The van der Waals surface area contributed by atoms with Gasteiger partial charge in [0.1, 0.15) is 0 Å². The molecule has 6 aromatic rings. The second-order valence-electron chi connectivity index (χ2n) is 16.9. The Morgan fingerprint density at radius 1 is 0.684 bits per heavy atom. The number of rotatable bonds is 14. The second-order valence-corrected chi connectivity index (χ2v) is 16.9. The summed E-state index contributed by atoms with van der Waals surface area (Å²) in [6, 6.07) is 37.0. The van der Waals surface area contributed by atoms with Crippen LogP contribution in [0.25, 0.3) is 21.8 Å². The highest BCUT2D eigenvalue weighted by Gasteiger charge is 2.33. The van der Waals surface area contributed by atoms with Crippen LogP contribution in [0.4, 0.5) is 22.7 Å². The first-order valence-electron chi connectivity index (χ1n) is 21.2. The molecule has 2 unspecified atom stereocenters. The minimum Gasteiger partial charge on any atom is -0.279 e. The van der Waals surface area contributed by atoms with Crippen molar-refractivity contribution in [2.45, 2.75) is 110 Å². The minimum absolute atomic E-state index is 0.0476. The van der Waals surface area contributed by atoms with Crippen molar-refractivity contribution in [2.24, 2.45) is 11.8 Å². The lowest BCUT2D eigenvalue weighted by molar-refractivity contribution is -0.122. The smallest absolute Gasteiger partial charge is 0.234 e. The van der Waals surface area contributed by atoms with Gasteiger partial charge in [-0.15, -0.1) is 0 Å². The van der Waals surface area contributed by atoms with E-state index in [1.807, 2.05) is 79.7 Å². The van der Waals surface area contributed by atoms with Crippen LogP contribution in [0.2, 0.25) is 0 Å². The first kappa shape index (κ1) is 39.9. The highest BCUT2D eigenvalue weighted by Crippen LogP contribution is 2.42. The molecule has 1 saturated carbocycles. The van der Waals surface area contributed by atoms with Crippen molar-refractivity contribution in [3.63, 3.8) is 0 Å². The fraction of sp³-hybridized carbons (Fsp3) is 0.373. The fourth-order valence-electron chi connectivity index (χ4n) is 8.73. The number of amides is 2. The molecular formula is C51H58N4O2. The van der Waals surface area contributed by atoms with Gasteiger partial charge in [-0.25, -0.2) is 0 Å². The Labute approximate surface area is 339 Å². The fourth-order valence-corrected chi connectivity index (χ4v) is 8.73. The van der Waals surface area contributed by atoms with Gasteiger partial charge in [-0.2, -0.15) is 0 Å². The second kappa shape index (κ2) is 17.8. The minimum atomic E-state index is -0.447. The van der Waals surface area contributed by atoms with Crippen LogP contribution in [0.3, 0.4) is 0 Å². The third kappa shape index (κ3) is 8.96. The summed E-state index contributed by atoms with van der Waals surface area (Å²) in [5.74, 6) is 0.499. The Hall–Kier alpha value is -5.36. The molecule has 57 heavy (non-hydrogen) atoms. The maximum absolute atomic E-state index is 14.7. The number of unbranched alkanes of at least 4 members (excludes halogenated alkanes) is 1. The summed E-state index contributed by atoms with van der Waals surface area (Å²) >= 11 is 0. The Bertz CT molecular complexity index is 2290. The third-order valence-electron chi connectivity index (χ3n) is 12.6. The molecule has 0 spiro atoms. The van der Waals surface area contributed by atoms with E-state index in [1.165, 1.54) is 56.1 Å². The highest BCUT2D eigenvalue weighted by molar-refractivity contribution is 6.04. The van der Waals surface area contributed by atoms with Crippen molar-refractivity contribution in [3.8, 4) is 0 Å². The molecule has 294 valence electrons. The zero-order valence-corrected chi connectivity index (χ0v) is 34.5. The largest absolute Gasteiger partial charge is 0.279 e. The van der Waals surface area contributed by atoms with Gasteiger partial charge in [0.25, 0.3) is 0 Å². The molecular weight excluding hydrogens is 701 g/mol. The van der Waals surface area contributed by atoms with E-state index >= 15 is 0 Å². The number of pyridine rings is 2. The number of hydrogen-bond donors (Lipinski definition) is 0. The van der Waals surface area contributed by atoms with E-state index in [1.54, 1.807) is 22.2 Å².